The summed E-state index contributed by atoms with van der Waals surface area (Å²) in [5, 5.41) is 0. The van der Waals surface area contributed by atoms with Crippen molar-refractivity contribution in [3.05, 3.63) is 55.8 Å². The van der Waals surface area contributed by atoms with Crippen LogP contribution < -0.4 is 0 Å². The first-order chi connectivity index (χ1) is 11.4. The molecule has 0 spiro atoms. The second-order valence-electron chi connectivity index (χ2n) is 5.57. The lowest BCUT2D eigenvalue weighted by molar-refractivity contribution is -0.121. The molecule has 0 aliphatic carbocycles. The Morgan fingerprint density at radius 2 is 2.04 bits per heavy atom. The molecule has 0 saturated carbocycles. The van der Waals surface area contributed by atoms with Crippen molar-refractivity contribution in [1.82, 2.24) is 9.47 Å². The largest absolute Gasteiger partial charge is 0.318 e. The van der Waals surface area contributed by atoms with E-state index >= 15 is 0 Å². The third kappa shape index (κ3) is 3.19. The monoisotopic (exact) mass is 468 g/mol. The van der Waals surface area contributed by atoms with Gasteiger partial charge in [-0.1, -0.05) is 30.0 Å². The van der Waals surface area contributed by atoms with E-state index in [1.54, 1.807) is 4.90 Å². The molecule has 6 heteroatoms. The van der Waals surface area contributed by atoms with Gasteiger partial charge in [0.2, 0.25) is 0 Å². The third-order valence-electron chi connectivity index (χ3n) is 4.01. The molecule has 0 unspecified atom stereocenters. The lowest BCUT2D eigenvalue weighted by atomic mass is 10.2. The van der Waals surface area contributed by atoms with Gasteiger partial charge in [0.15, 0.2) is 0 Å². The van der Waals surface area contributed by atoms with Gasteiger partial charge in [-0.15, -0.1) is 0 Å². The van der Waals surface area contributed by atoms with E-state index in [0.29, 0.717) is 15.8 Å². The van der Waals surface area contributed by atoms with Crippen molar-refractivity contribution in [3.8, 4) is 5.69 Å². The Bertz CT molecular complexity index is 870. The van der Waals surface area contributed by atoms with Crippen LogP contribution in [0.25, 0.3) is 11.8 Å². The molecule has 1 aliphatic rings. The maximum atomic E-state index is 12.4. The fraction of sp³-hybridized carbons (Fsp3) is 0.222. The fourth-order valence-corrected chi connectivity index (χ4v) is 4.76. The van der Waals surface area contributed by atoms with E-state index in [4.69, 9.17) is 12.2 Å². The number of aromatic nitrogens is 1. The fourth-order valence-electron chi connectivity index (χ4n) is 2.86. The van der Waals surface area contributed by atoms with Crippen LogP contribution in [0.15, 0.2) is 35.2 Å². The minimum Gasteiger partial charge on any atom is -0.318 e. The average Bonchev–Trinajstić information content (AvgIpc) is 2.95. The number of thioether (sulfide) groups is 1. The van der Waals surface area contributed by atoms with Gasteiger partial charge in [0, 0.05) is 27.2 Å². The Labute approximate surface area is 165 Å². The van der Waals surface area contributed by atoms with E-state index < -0.39 is 0 Å². The zero-order valence-corrected chi connectivity index (χ0v) is 17.5. The average molecular weight is 468 g/mol. The van der Waals surface area contributed by atoms with Gasteiger partial charge < -0.3 is 4.57 Å². The quantitative estimate of drug-likeness (QED) is 0.363. The number of likely N-dealkylation sites (N-methyl/N-ethyl adjacent to an activating group) is 1. The van der Waals surface area contributed by atoms with Crippen LogP contribution in [0.1, 0.15) is 23.9 Å². The Kier molecular flexibility index (Phi) is 5.17. The summed E-state index contributed by atoms with van der Waals surface area (Å²) in [6.07, 6.45) is 1.96. The molecule has 124 valence electrons. The highest BCUT2D eigenvalue weighted by Crippen LogP contribution is 2.33. The summed E-state index contributed by atoms with van der Waals surface area (Å²) in [5.41, 5.74) is 4.46. The van der Waals surface area contributed by atoms with Crippen molar-refractivity contribution >= 4 is 62.9 Å². The number of amides is 1. The molecule has 1 aliphatic heterocycles. The highest BCUT2D eigenvalue weighted by molar-refractivity contribution is 14.1. The second kappa shape index (κ2) is 7.01. The van der Waals surface area contributed by atoms with Gasteiger partial charge >= 0.3 is 0 Å². The first-order valence-electron chi connectivity index (χ1n) is 7.62. The number of hydrogen-bond acceptors (Lipinski definition) is 3. The van der Waals surface area contributed by atoms with E-state index in [1.165, 1.54) is 15.3 Å². The van der Waals surface area contributed by atoms with Crippen LogP contribution in [0.5, 0.6) is 0 Å². The molecule has 1 aromatic carbocycles. The number of thiocarbonyl (C=S) groups is 1. The molecule has 3 rings (SSSR count). The third-order valence-corrected chi connectivity index (χ3v) is 6.06. The lowest BCUT2D eigenvalue weighted by Gasteiger charge is -2.10. The van der Waals surface area contributed by atoms with E-state index in [0.717, 1.165) is 22.6 Å². The van der Waals surface area contributed by atoms with Gasteiger partial charge in [0.1, 0.15) is 4.32 Å². The second-order valence-corrected chi connectivity index (χ2v) is 8.49. The highest BCUT2D eigenvalue weighted by Gasteiger charge is 2.30. The molecule has 0 atom stereocenters. The highest BCUT2D eigenvalue weighted by atomic mass is 127. The summed E-state index contributed by atoms with van der Waals surface area (Å²) in [5.74, 6) is 0.00608. The molecule has 1 amide bonds. The molecular weight excluding hydrogens is 451 g/mol. The minimum absolute atomic E-state index is 0.00608. The molecule has 1 aromatic heterocycles. The number of rotatable bonds is 3. The molecule has 0 radical (unpaired) electrons. The van der Waals surface area contributed by atoms with Crippen molar-refractivity contribution < 1.29 is 4.79 Å². The summed E-state index contributed by atoms with van der Waals surface area (Å²) >= 11 is 8.99. The van der Waals surface area contributed by atoms with Crippen molar-refractivity contribution in [3.63, 3.8) is 0 Å². The molecule has 2 aromatic rings. The van der Waals surface area contributed by atoms with Crippen molar-refractivity contribution in [2.45, 2.75) is 20.8 Å². The zero-order valence-electron chi connectivity index (χ0n) is 13.7. The van der Waals surface area contributed by atoms with Gasteiger partial charge in [-0.2, -0.15) is 0 Å². The lowest BCUT2D eigenvalue weighted by Crippen LogP contribution is -2.27. The van der Waals surface area contributed by atoms with Gasteiger partial charge in [0.05, 0.1) is 4.91 Å². The number of benzene rings is 1. The first kappa shape index (κ1) is 17.7. The van der Waals surface area contributed by atoms with Gasteiger partial charge in [-0.25, -0.2) is 0 Å². The van der Waals surface area contributed by atoms with Crippen LogP contribution in [0, 0.1) is 17.4 Å². The molecule has 1 fully saturated rings. The number of carbonyl (C=O) groups is 1. The summed E-state index contributed by atoms with van der Waals surface area (Å²) < 4.78 is 4.05. The number of halogens is 1. The van der Waals surface area contributed by atoms with E-state index in [-0.39, 0.29) is 5.91 Å². The maximum Gasteiger partial charge on any atom is 0.266 e. The Morgan fingerprint density at radius 1 is 1.29 bits per heavy atom. The van der Waals surface area contributed by atoms with Crippen molar-refractivity contribution in [2.75, 3.05) is 6.54 Å². The Balaban J connectivity index is 2.03. The normalized spacial score (nSPS) is 16.5. The minimum atomic E-state index is 0.00608. The molecular formula is C18H17IN2OS2. The molecule has 1 saturated heterocycles. The summed E-state index contributed by atoms with van der Waals surface area (Å²) in [6, 6.07) is 10.5. The number of hydrogen-bond donors (Lipinski definition) is 0. The summed E-state index contributed by atoms with van der Waals surface area (Å²) in [6.45, 7) is 6.72. The van der Waals surface area contributed by atoms with Crippen LogP contribution in [-0.2, 0) is 4.79 Å². The Morgan fingerprint density at radius 3 is 2.67 bits per heavy atom. The van der Waals surface area contributed by atoms with Gasteiger partial charge in [0.25, 0.3) is 5.91 Å². The predicted molar refractivity (Wildman–Crippen MR) is 114 cm³/mol. The summed E-state index contributed by atoms with van der Waals surface area (Å²) in [7, 11) is 0. The number of aryl methyl sites for hydroxylation is 1. The van der Waals surface area contributed by atoms with Gasteiger partial charge in [-0.05, 0) is 79.3 Å². The standard InChI is InChI=1S/C18H17IN2OS2/c1-4-20-17(22)16(24-18(20)23)9-13-8-11(2)21(12(13)3)15-7-5-6-14(19)10-15/h5-10H,4H2,1-3H3/b16-9-. The van der Waals surface area contributed by atoms with Crippen LogP contribution in [0.3, 0.4) is 0 Å². The molecule has 2 heterocycles. The summed E-state index contributed by atoms with van der Waals surface area (Å²) in [4.78, 5) is 14.8. The van der Waals surface area contributed by atoms with Crippen LogP contribution in [0.2, 0.25) is 0 Å². The van der Waals surface area contributed by atoms with Crippen molar-refractivity contribution in [2.24, 2.45) is 0 Å². The topological polar surface area (TPSA) is 25.2 Å². The van der Waals surface area contributed by atoms with Crippen LogP contribution >= 0.6 is 46.6 Å². The van der Waals surface area contributed by atoms with E-state index in [1.807, 2.05) is 13.0 Å². The number of nitrogens with zero attached hydrogens (tertiary/aromatic N) is 2. The maximum absolute atomic E-state index is 12.4. The smallest absolute Gasteiger partial charge is 0.266 e. The van der Waals surface area contributed by atoms with E-state index in [2.05, 4.69) is 71.3 Å². The Hall–Kier alpha value is -1.12. The van der Waals surface area contributed by atoms with E-state index in [9.17, 15) is 4.79 Å². The molecule has 0 N–H and O–H groups in total. The van der Waals surface area contributed by atoms with Gasteiger partial charge in [-0.3, -0.25) is 9.69 Å². The van der Waals surface area contributed by atoms with Crippen LogP contribution in [0.4, 0.5) is 0 Å². The van der Waals surface area contributed by atoms with Crippen molar-refractivity contribution in [1.29, 1.82) is 0 Å². The number of carbonyl (C=O) groups excluding carboxylic acids is 1. The zero-order chi connectivity index (χ0) is 17.4. The molecule has 24 heavy (non-hydrogen) atoms. The predicted octanol–water partition coefficient (Wildman–Crippen LogP) is 4.92. The molecule has 0 bridgehead atoms. The first-order valence-corrected chi connectivity index (χ1v) is 9.93. The SMILES string of the molecule is CCN1C(=O)/C(=C/c2cc(C)n(-c3cccc(I)c3)c2C)SC1=S. The molecule has 3 nitrogen and oxygen atoms in total. The van der Waals surface area contributed by atoms with Crippen LogP contribution in [-0.4, -0.2) is 26.2 Å².